The number of hydrogen-bond donors (Lipinski definition) is 1. The average molecular weight is 281 g/mol. The number of H-pyrrole nitrogens is 1. The number of nitrogens with one attached hydrogen (secondary N) is 1. The lowest BCUT2D eigenvalue weighted by atomic mass is 9.94. The monoisotopic (exact) mass is 281 g/mol. The van der Waals surface area contributed by atoms with Crippen LogP contribution >= 0.6 is 11.8 Å². The van der Waals surface area contributed by atoms with Gasteiger partial charge in [0.25, 0.3) is 5.56 Å². The molecule has 4 nitrogen and oxygen atoms in total. The first-order valence-electron chi connectivity index (χ1n) is 6.98. The Hall–Kier alpha value is -0.810. The fourth-order valence-corrected chi connectivity index (χ4v) is 3.16. The fourth-order valence-electron chi connectivity index (χ4n) is 2.74. The normalized spacial score (nSPS) is 20.6. The highest BCUT2D eigenvalue weighted by Crippen LogP contribution is 2.24. The number of piperidine rings is 1. The van der Waals surface area contributed by atoms with Crippen molar-refractivity contribution in [3.63, 3.8) is 0 Å². The third-order valence-electron chi connectivity index (χ3n) is 3.63. The number of aromatic nitrogens is 2. The zero-order valence-electron chi connectivity index (χ0n) is 11.8. The molecule has 1 N–H and O–H groups in total. The average Bonchev–Trinajstić information content (AvgIpc) is 2.38. The molecule has 1 aliphatic rings. The SMILES string of the molecule is CSCCCN1CCC[C@H](c2cc(=O)[nH]c(C)n2)C1. The van der Waals surface area contributed by atoms with Crippen LogP contribution in [0.5, 0.6) is 0 Å². The van der Waals surface area contributed by atoms with Gasteiger partial charge < -0.3 is 9.88 Å². The van der Waals surface area contributed by atoms with Gasteiger partial charge >= 0.3 is 0 Å². The molecule has 0 bridgehead atoms. The van der Waals surface area contributed by atoms with E-state index in [2.05, 4.69) is 21.1 Å². The molecule has 0 aromatic carbocycles. The largest absolute Gasteiger partial charge is 0.311 e. The van der Waals surface area contributed by atoms with E-state index in [4.69, 9.17) is 0 Å². The van der Waals surface area contributed by atoms with E-state index in [-0.39, 0.29) is 5.56 Å². The fraction of sp³-hybridized carbons (Fsp3) is 0.714. The third kappa shape index (κ3) is 4.35. The van der Waals surface area contributed by atoms with E-state index in [0.717, 1.165) is 24.5 Å². The van der Waals surface area contributed by atoms with Gasteiger partial charge in [-0.1, -0.05) is 0 Å². The van der Waals surface area contributed by atoms with Crippen LogP contribution < -0.4 is 5.56 Å². The van der Waals surface area contributed by atoms with E-state index < -0.39 is 0 Å². The maximum atomic E-state index is 11.5. The maximum Gasteiger partial charge on any atom is 0.251 e. The highest BCUT2D eigenvalue weighted by molar-refractivity contribution is 7.98. The molecular weight excluding hydrogens is 258 g/mol. The molecule has 0 unspecified atom stereocenters. The van der Waals surface area contributed by atoms with Crippen LogP contribution in [0.4, 0.5) is 0 Å². The summed E-state index contributed by atoms with van der Waals surface area (Å²) in [4.78, 5) is 21.3. The highest BCUT2D eigenvalue weighted by atomic mass is 32.2. The van der Waals surface area contributed by atoms with Gasteiger partial charge in [-0.25, -0.2) is 4.98 Å². The summed E-state index contributed by atoms with van der Waals surface area (Å²) in [6.45, 7) is 5.25. The Morgan fingerprint density at radius 2 is 2.42 bits per heavy atom. The van der Waals surface area contributed by atoms with Crippen molar-refractivity contribution in [2.24, 2.45) is 0 Å². The molecule has 1 atom stereocenters. The summed E-state index contributed by atoms with van der Waals surface area (Å²) in [5, 5.41) is 0. The molecule has 0 aliphatic carbocycles. The Morgan fingerprint density at radius 3 is 3.16 bits per heavy atom. The lowest BCUT2D eigenvalue weighted by Gasteiger charge is -2.32. The molecule has 0 spiro atoms. The molecule has 2 rings (SSSR count). The number of aromatic amines is 1. The van der Waals surface area contributed by atoms with Gasteiger partial charge in [0.2, 0.25) is 0 Å². The predicted molar refractivity (Wildman–Crippen MR) is 81.0 cm³/mol. The lowest BCUT2D eigenvalue weighted by molar-refractivity contribution is 0.207. The van der Waals surface area contributed by atoms with Gasteiger partial charge in [-0.2, -0.15) is 11.8 Å². The Kier molecular flexibility index (Phi) is 5.45. The van der Waals surface area contributed by atoms with Crippen molar-refractivity contribution in [3.05, 3.63) is 27.9 Å². The molecule has 19 heavy (non-hydrogen) atoms. The van der Waals surface area contributed by atoms with Crippen LogP contribution in [0, 0.1) is 6.92 Å². The molecule has 1 saturated heterocycles. The standard InChI is InChI=1S/C14H23N3OS/c1-11-15-13(9-14(18)16-11)12-5-3-6-17(10-12)7-4-8-19-2/h9,12H,3-8,10H2,1-2H3,(H,15,16,18)/t12-/m0/s1. The second kappa shape index (κ2) is 7.10. The minimum absolute atomic E-state index is 0.0259. The predicted octanol–water partition coefficient (Wildman–Crippen LogP) is 2.01. The van der Waals surface area contributed by atoms with Gasteiger partial charge in [0.15, 0.2) is 0 Å². The highest BCUT2D eigenvalue weighted by Gasteiger charge is 2.22. The number of aryl methyl sites for hydroxylation is 1. The Bertz CT molecular complexity index is 460. The second-order valence-corrected chi connectivity index (χ2v) is 6.23. The minimum Gasteiger partial charge on any atom is -0.311 e. The molecule has 0 radical (unpaired) electrons. The molecule has 1 aromatic heterocycles. The summed E-state index contributed by atoms with van der Waals surface area (Å²) in [6, 6.07) is 1.67. The number of nitrogens with zero attached hydrogens (tertiary/aromatic N) is 2. The van der Waals surface area contributed by atoms with E-state index in [0.29, 0.717) is 5.92 Å². The number of hydrogen-bond acceptors (Lipinski definition) is 4. The van der Waals surface area contributed by atoms with Crippen LogP contribution in [-0.2, 0) is 0 Å². The number of likely N-dealkylation sites (tertiary alicyclic amines) is 1. The van der Waals surface area contributed by atoms with Gasteiger partial charge in [-0.3, -0.25) is 4.79 Å². The van der Waals surface area contributed by atoms with Crippen LogP contribution in [0.3, 0.4) is 0 Å². The molecular formula is C14H23N3OS. The van der Waals surface area contributed by atoms with Crippen molar-refractivity contribution >= 4 is 11.8 Å². The maximum absolute atomic E-state index is 11.5. The van der Waals surface area contributed by atoms with Crippen molar-refractivity contribution in [3.8, 4) is 0 Å². The second-order valence-electron chi connectivity index (χ2n) is 5.24. The molecule has 1 aliphatic heterocycles. The molecule has 0 saturated carbocycles. The third-order valence-corrected chi connectivity index (χ3v) is 4.32. The van der Waals surface area contributed by atoms with E-state index in [9.17, 15) is 4.79 Å². The van der Waals surface area contributed by atoms with Crippen LogP contribution in [0.1, 0.15) is 36.7 Å². The van der Waals surface area contributed by atoms with Crippen LogP contribution in [0.15, 0.2) is 10.9 Å². The number of rotatable bonds is 5. The van der Waals surface area contributed by atoms with Gasteiger partial charge in [0, 0.05) is 18.5 Å². The Morgan fingerprint density at radius 1 is 1.58 bits per heavy atom. The number of thioether (sulfide) groups is 1. The first kappa shape index (κ1) is 14.6. The summed E-state index contributed by atoms with van der Waals surface area (Å²) in [7, 11) is 0. The summed E-state index contributed by atoms with van der Waals surface area (Å²) in [5.41, 5.74) is 0.942. The lowest BCUT2D eigenvalue weighted by Crippen LogP contribution is -2.36. The zero-order valence-corrected chi connectivity index (χ0v) is 12.6. The molecule has 1 aromatic rings. The van der Waals surface area contributed by atoms with Crippen LogP contribution in [0.25, 0.3) is 0 Å². The summed E-state index contributed by atoms with van der Waals surface area (Å²) in [5.74, 6) is 2.37. The van der Waals surface area contributed by atoms with E-state index in [1.165, 1.54) is 31.7 Å². The van der Waals surface area contributed by atoms with Crippen LogP contribution in [0.2, 0.25) is 0 Å². The van der Waals surface area contributed by atoms with Gasteiger partial charge in [0.05, 0.1) is 5.69 Å². The minimum atomic E-state index is -0.0259. The molecule has 2 heterocycles. The molecule has 5 heteroatoms. The molecule has 1 fully saturated rings. The quantitative estimate of drug-likeness (QED) is 0.839. The van der Waals surface area contributed by atoms with Crippen LogP contribution in [-0.4, -0.2) is 46.5 Å². The summed E-state index contributed by atoms with van der Waals surface area (Å²) in [6.07, 6.45) is 5.75. The smallest absolute Gasteiger partial charge is 0.251 e. The van der Waals surface area contributed by atoms with Crippen molar-refractivity contribution in [1.82, 2.24) is 14.9 Å². The van der Waals surface area contributed by atoms with Gasteiger partial charge in [-0.05, 0) is 51.3 Å². The summed E-state index contributed by atoms with van der Waals surface area (Å²) < 4.78 is 0. The van der Waals surface area contributed by atoms with E-state index in [1.807, 2.05) is 18.7 Å². The topological polar surface area (TPSA) is 49.0 Å². The van der Waals surface area contributed by atoms with Crippen molar-refractivity contribution in [2.75, 3.05) is 31.6 Å². The van der Waals surface area contributed by atoms with Crippen molar-refractivity contribution < 1.29 is 0 Å². The Labute approximate surface area is 119 Å². The van der Waals surface area contributed by atoms with Gasteiger partial charge in [0.1, 0.15) is 5.82 Å². The van der Waals surface area contributed by atoms with E-state index in [1.54, 1.807) is 6.07 Å². The van der Waals surface area contributed by atoms with E-state index >= 15 is 0 Å². The molecule has 0 amide bonds. The molecule has 106 valence electrons. The first-order valence-corrected chi connectivity index (χ1v) is 8.37. The zero-order chi connectivity index (χ0) is 13.7. The van der Waals surface area contributed by atoms with Gasteiger partial charge in [-0.15, -0.1) is 0 Å². The van der Waals surface area contributed by atoms with Crippen molar-refractivity contribution in [1.29, 1.82) is 0 Å². The Balaban J connectivity index is 1.98. The first-order chi connectivity index (χ1) is 9.19. The van der Waals surface area contributed by atoms with Crippen molar-refractivity contribution in [2.45, 2.75) is 32.1 Å². The summed E-state index contributed by atoms with van der Waals surface area (Å²) >= 11 is 1.91.